The predicted octanol–water partition coefficient (Wildman–Crippen LogP) is 5.18. The molecule has 0 amide bonds. The van der Waals surface area contributed by atoms with Gasteiger partial charge in [0.2, 0.25) is 0 Å². The summed E-state index contributed by atoms with van der Waals surface area (Å²) in [6.45, 7) is 3.00. The van der Waals surface area contributed by atoms with Gasteiger partial charge >= 0.3 is 6.18 Å². The van der Waals surface area contributed by atoms with Crippen LogP contribution in [0.4, 0.5) is 27.6 Å². The molecule has 0 bridgehead atoms. The van der Waals surface area contributed by atoms with Crippen LogP contribution in [0.3, 0.4) is 0 Å². The lowest BCUT2D eigenvalue weighted by molar-refractivity contribution is -0.265. The molecule has 2 aromatic carbocycles. The number of allylic oxidation sites excluding steroid dienone is 1. The third kappa shape index (κ3) is 3.35. The van der Waals surface area contributed by atoms with E-state index in [4.69, 9.17) is 0 Å². The summed E-state index contributed by atoms with van der Waals surface area (Å²) in [6, 6.07) is 2.06. The van der Waals surface area contributed by atoms with Crippen LogP contribution >= 0.6 is 0 Å². The summed E-state index contributed by atoms with van der Waals surface area (Å²) >= 11 is 0. The number of aryl methyl sites for hydroxylation is 1. The monoisotopic (exact) mass is 451 g/mol. The summed E-state index contributed by atoms with van der Waals surface area (Å²) < 4.78 is 70.8. The molecule has 3 aromatic rings. The van der Waals surface area contributed by atoms with Gasteiger partial charge in [0.25, 0.3) is 0 Å². The van der Waals surface area contributed by atoms with Crippen molar-refractivity contribution in [3.63, 3.8) is 0 Å². The van der Waals surface area contributed by atoms with Gasteiger partial charge in [0.1, 0.15) is 11.6 Å². The Balaban J connectivity index is 1.97. The topological polar surface area (TPSA) is 78.3 Å². The van der Waals surface area contributed by atoms with Crippen molar-refractivity contribution in [1.82, 2.24) is 9.97 Å². The van der Waals surface area contributed by atoms with Gasteiger partial charge in [-0.3, -0.25) is 0 Å². The molecule has 0 radical (unpaired) electrons. The first-order valence-corrected chi connectivity index (χ1v) is 9.61. The van der Waals surface area contributed by atoms with E-state index in [0.29, 0.717) is 5.82 Å². The highest BCUT2D eigenvalue weighted by Gasteiger charge is 2.62. The molecule has 32 heavy (non-hydrogen) atoms. The molecule has 1 aromatic heterocycles. The van der Waals surface area contributed by atoms with E-state index in [9.17, 15) is 32.2 Å². The molecule has 10 heteroatoms. The van der Waals surface area contributed by atoms with Crippen LogP contribution in [0.2, 0.25) is 0 Å². The Morgan fingerprint density at radius 3 is 2.59 bits per heavy atom. The largest absolute Gasteiger partial charge is 0.504 e. The van der Waals surface area contributed by atoms with Crippen LogP contribution in [0.1, 0.15) is 36.3 Å². The van der Waals surface area contributed by atoms with E-state index in [1.807, 2.05) is 0 Å². The Hall–Kier alpha value is -3.27. The molecule has 0 spiro atoms. The quantitative estimate of drug-likeness (QED) is 0.469. The fraction of sp³-hybridized carbons (Fsp3) is 0.273. The zero-order chi connectivity index (χ0) is 23.4. The standard InChI is InChI=1S/C22H18F5N3O2/c1-3-11-8-21(32,22(25,26)27)20(13-4-5-15(24)19(31)18(11)13)30-17-7-12(23)6-16-14(17)9-28-10(2)29-16/h3-7,9,20,30-32H,8H2,1-2H3. The van der Waals surface area contributed by atoms with E-state index < -0.39 is 41.6 Å². The molecule has 5 nitrogen and oxygen atoms in total. The summed E-state index contributed by atoms with van der Waals surface area (Å²) in [5.74, 6) is -2.27. The van der Waals surface area contributed by atoms with Crippen molar-refractivity contribution in [2.24, 2.45) is 0 Å². The van der Waals surface area contributed by atoms with Crippen molar-refractivity contribution < 1.29 is 32.2 Å². The number of fused-ring (bicyclic) bond motifs is 2. The maximum atomic E-state index is 14.3. The molecule has 168 valence electrons. The second-order valence-corrected chi connectivity index (χ2v) is 7.65. The minimum atomic E-state index is -5.11. The number of phenolic OH excluding ortho intramolecular Hbond substituents is 1. The number of hydrogen-bond acceptors (Lipinski definition) is 5. The molecule has 0 aliphatic heterocycles. The van der Waals surface area contributed by atoms with Crippen LogP contribution in [-0.2, 0) is 0 Å². The number of rotatable bonds is 2. The van der Waals surface area contributed by atoms with Crippen LogP contribution in [0.25, 0.3) is 16.5 Å². The van der Waals surface area contributed by atoms with E-state index in [1.165, 1.54) is 19.2 Å². The number of aromatic hydroxyl groups is 1. The molecule has 0 fully saturated rings. The Bertz CT molecular complexity index is 1250. The molecule has 1 aliphatic carbocycles. The highest BCUT2D eigenvalue weighted by atomic mass is 19.4. The molecular formula is C22H18F5N3O2. The number of alkyl halides is 3. The van der Waals surface area contributed by atoms with Crippen LogP contribution in [0.15, 0.2) is 36.5 Å². The van der Waals surface area contributed by atoms with Crippen molar-refractivity contribution in [3.8, 4) is 5.75 Å². The molecule has 1 heterocycles. The third-order valence-electron chi connectivity index (χ3n) is 5.66. The average Bonchev–Trinajstić information content (AvgIpc) is 2.70. The van der Waals surface area contributed by atoms with Gasteiger partial charge in [-0.15, -0.1) is 0 Å². The second-order valence-electron chi connectivity index (χ2n) is 7.65. The number of benzene rings is 2. The first kappa shape index (κ1) is 21.9. The van der Waals surface area contributed by atoms with E-state index in [0.717, 1.165) is 24.3 Å². The number of nitrogens with zero attached hydrogens (tertiary/aromatic N) is 2. The summed E-state index contributed by atoms with van der Waals surface area (Å²) in [6.07, 6.45) is -3.46. The van der Waals surface area contributed by atoms with Crippen LogP contribution in [0, 0.1) is 18.6 Å². The van der Waals surface area contributed by atoms with Crippen LogP contribution < -0.4 is 5.32 Å². The Kier molecular flexibility index (Phi) is 5.08. The van der Waals surface area contributed by atoms with Gasteiger partial charge in [0.15, 0.2) is 17.2 Å². The fourth-order valence-electron chi connectivity index (χ4n) is 4.07. The average molecular weight is 451 g/mol. The van der Waals surface area contributed by atoms with Crippen molar-refractivity contribution in [2.45, 2.75) is 38.1 Å². The van der Waals surface area contributed by atoms with Crippen molar-refractivity contribution >= 4 is 22.2 Å². The number of aromatic nitrogens is 2. The number of phenols is 1. The summed E-state index contributed by atoms with van der Waals surface area (Å²) in [5.41, 5.74) is -3.68. The third-order valence-corrected chi connectivity index (χ3v) is 5.66. The maximum absolute atomic E-state index is 14.3. The Morgan fingerprint density at radius 2 is 1.94 bits per heavy atom. The molecule has 0 saturated carbocycles. The number of nitrogens with one attached hydrogen (secondary N) is 1. The van der Waals surface area contributed by atoms with E-state index in [2.05, 4.69) is 15.3 Å². The lowest BCUT2D eigenvalue weighted by Gasteiger charge is -2.44. The molecule has 0 saturated heterocycles. The molecule has 3 N–H and O–H groups in total. The normalized spacial score (nSPS) is 22.2. The zero-order valence-electron chi connectivity index (χ0n) is 16.9. The van der Waals surface area contributed by atoms with Gasteiger partial charge in [0.05, 0.1) is 11.6 Å². The maximum Gasteiger partial charge on any atom is 0.419 e. The summed E-state index contributed by atoms with van der Waals surface area (Å²) in [5, 5.41) is 24.0. The predicted molar refractivity (Wildman–Crippen MR) is 108 cm³/mol. The molecule has 2 atom stereocenters. The number of halogens is 5. The van der Waals surface area contributed by atoms with E-state index in [-0.39, 0.29) is 33.3 Å². The highest BCUT2D eigenvalue weighted by Crippen LogP contribution is 2.54. The highest BCUT2D eigenvalue weighted by molar-refractivity contribution is 5.91. The summed E-state index contributed by atoms with van der Waals surface area (Å²) in [4.78, 5) is 8.11. The van der Waals surface area contributed by atoms with Crippen molar-refractivity contribution in [3.05, 3.63) is 65.1 Å². The van der Waals surface area contributed by atoms with Crippen LogP contribution in [-0.4, -0.2) is 32.0 Å². The molecule has 4 rings (SSSR count). The first-order chi connectivity index (χ1) is 15.0. The minimum Gasteiger partial charge on any atom is -0.504 e. The zero-order valence-corrected chi connectivity index (χ0v) is 16.9. The molecular weight excluding hydrogens is 433 g/mol. The van der Waals surface area contributed by atoms with Gasteiger partial charge in [-0.1, -0.05) is 12.1 Å². The number of hydrogen-bond donors (Lipinski definition) is 3. The van der Waals surface area contributed by atoms with Crippen LogP contribution in [0.5, 0.6) is 5.75 Å². The number of anilines is 1. The minimum absolute atomic E-state index is 0.0714. The fourth-order valence-corrected chi connectivity index (χ4v) is 4.07. The second kappa shape index (κ2) is 7.40. The van der Waals surface area contributed by atoms with Gasteiger partial charge in [-0.05, 0) is 37.1 Å². The van der Waals surface area contributed by atoms with Gasteiger partial charge in [-0.25, -0.2) is 18.7 Å². The lowest BCUT2D eigenvalue weighted by Crippen LogP contribution is -2.54. The van der Waals surface area contributed by atoms with Crippen molar-refractivity contribution in [1.29, 1.82) is 0 Å². The van der Waals surface area contributed by atoms with E-state index >= 15 is 0 Å². The van der Waals surface area contributed by atoms with Gasteiger partial charge in [-0.2, -0.15) is 13.2 Å². The smallest absolute Gasteiger partial charge is 0.419 e. The SMILES string of the molecule is CC=C1CC(O)(C(F)(F)F)C(Nc2cc(F)cc3nc(C)ncc23)c2ccc(F)c(O)c21. The Morgan fingerprint density at radius 1 is 1.22 bits per heavy atom. The van der Waals surface area contributed by atoms with Crippen molar-refractivity contribution in [2.75, 3.05) is 5.32 Å². The summed E-state index contributed by atoms with van der Waals surface area (Å²) in [7, 11) is 0. The Labute approximate surface area is 179 Å². The van der Waals surface area contributed by atoms with E-state index in [1.54, 1.807) is 6.92 Å². The van der Waals surface area contributed by atoms with Gasteiger partial charge in [0, 0.05) is 35.3 Å². The number of aliphatic hydroxyl groups is 1. The van der Waals surface area contributed by atoms with Gasteiger partial charge < -0.3 is 15.5 Å². The lowest BCUT2D eigenvalue weighted by atomic mass is 9.72. The first-order valence-electron chi connectivity index (χ1n) is 9.61. The molecule has 2 unspecified atom stereocenters. The molecule has 1 aliphatic rings.